The molecule has 0 saturated carbocycles. The molecule has 1 aliphatic heterocycles. The summed E-state index contributed by atoms with van der Waals surface area (Å²) in [5.74, 6) is -0.878. The lowest BCUT2D eigenvalue weighted by Crippen LogP contribution is -2.41. The highest BCUT2D eigenvalue weighted by atomic mass is 35.5. The van der Waals surface area contributed by atoms with E-state index in [1.165, 1.54) is 4.90 Å². The molecule has 0 aliphatic carbocycles. The third kappa shape index (κ3) is 3.47. The maximum absolute atomic E-state index is 12.3. The summed E-state index contributed by atoms with van der Waals surface area (Å²) in [5.41, 5.74) is -0.113. The number of carboxylic acid groups (broad SMARTS) is 1. The van der Waals surface area contributed by atoms with Gasteiger partial charge in [-0.25, -0.2) is 4.79 Å². The van der Waals surface area contributed by atoms with E-state index in [9.17, 15) is 14.7 Å². The number of halogens is 2. The van der Waals surface area contributed by atoms with Gasteiger partial charge < -0.3 is 15.3 Å². The Kier molecular flexibility index (Phi) is 4.87. The fourth-order valence-corrected chi connectivity index (χ4v) is 3.09. The van der Waals surface area contributed by atoms with Gasteiger partial charge >= 0.3 is 12.0 Å². The lowest BCUT2D eigenvalue weighted by Gasteiger charge is -2.23. The van der Waals surface area contributed by atoms with Gasteiger partial charge in [0.1, 0.15) is 0 Å². The van der Waals surface area contributed by atoms with Crippen molar-refractivity contribution in [2.45, 2.75) is 26.3 Å². The number of carbonyl (C=O) groups is 2. The average molecular weight is 345 g/mol. The fraction of sp³-hybridized carbons (Fsp3) is 0.467. The van der Waals surface area contributed by atoms with Gasteiger partial charge in [-0.2, -0.15) is 0 Å². The lowest BCUT2D eigenvalue weighted by molar-refractivity contribution is -0.146. The Bertz CT molecular complexity index is 608. The number of aliphatic carboxylic acids is 1. The van der Waals surface area contributed by atoms with Crippen molar-refractivity contribution in [2.75, 3.05) is 13.1 Å². The first kappa shape index (κ1) is 16.9. The van der Waals surface area contributed by atoms with Crippen molar-refractivity contribution in [3.05, 3.63) is 33.8 Å². The molecule has 0 aromatic heterocycles. The Hall–Kier alpha value is -1.46. The van der Waals surface area contributed by atoms with E-state index in [-0.39, 0.29) is 18.6 Å². The maximum Gasteiger partial charge on any atom is 0.317 e. The molecule has 22 heavy (non-hydrogen) atoms. The maximum atomic E-state index is 12.3. The number of urea groups is 1. The van der Waals surface area contributed by atoms with E-state index in [1.807, 2.05) is 6.92 Å². The molecular weight excluding hydrogens is 327 g/mol. The number of nitrogens with one attached hydrogen (secondary N) is 1. The smallest absolute Gasteiger partial charge is 0.317 e. The van der Waals surface area contributed by atoms with Crippen molar-refractivity contribution in [2.24, 2.45) is 5.41 Å². The van der Waals surface area contributed by atoms with Crippen LogP contribution >= 0.6 is 23.2 Å². The van der Waals surface area contributed by atoms with E-state index in [0.29, 0.717) is 23.0 Å². The van der Waals surface area contributed by atoms with E-state index < -0.39 is 11.4 Å². The summed E-state index contributed by atoms with van der Waals surface area (Å²) in [6.07, 6.45) is 0.450. The second-order valence-corrected chi connectivity index (χ2v) is 6.72. The number of likely N-dealkylation sites (tertiary alicyclic amines) is 1. The Morgan fingerprint density at radius 2 is 2.09 bits per heavy atom. The number of carbonyl (C=O) groups excluding carboxylic acids is 1. The topological polar surface area (TPSA) is 69.6 Å². The van der Waals surface area contributed by atoms with Crippen LogP contribution in [0.5, 0.6) is 0 Å². The van der Waals surface area contributed by atoms with E-state index in [4.69, 9.17) is 23.2 Å². The molecule has 1 heterocycles. The molecule has 1 aromatic carbocycles. The molecule has 1 saturated heterocycles. The van der Waals surface area contributed by atoms with Gasteiger partial charge in [0, 0.05) is 23.1 Å². The van der Waals surface area contributed by atoms with Gasteiger partial charge in [-0.15, -0.1) is 0 Å². The lowest BCUT2D eigenvalue weighted by atomic mass is 9.90. The van der Waals surface area contributed by atoms with Crippen LogP contribution in [0.4, 0.5) is 4.79 Å². The molecule has 120 valence electrons. The minimum Gasteiger partial charge on any atom is -0.481 e. The van der Waals surface area contributed by atoms with Crippen LogP contribution in [0, 0.1) is 5.41 Å². The highest BCUT2D eigenvalue weighted by Crippen LogP contribution is 2.31. The molecule has 1 unspecified atom stereocenters. The molecule has 2 atom stereocenters. The second-order valence-electron chi connectivity index (χ2n) is 5.87. The van der Waals surface area contributed by atoms with E-state index in [2.05, 4.69) is 5.32 Å². The summed E-state index contributed by atoms with van der Waals surface area (Å²) >= 11 is 12.0. The molecule has 0 bridgehead atoms. The van der Waals surface area contributed by atoms with Crippen molar-refractivity contribution in [1.29, 1.82) is 0 Å². The van der Waals surface area contributed by atoms with E-state index in [0.717, 1.165) is 5.56 Å². The summed E-state index contributed by atoms with van der Waals surface area (Å²) in [7, 11) is 0. The van der Waals surface area contributed by atoms with Crippen molar-refractivity contribution < 1.29 is 14.7 Å². The molecule has 2 rings (SSSR count). The zero-order valence-electron chi connectivity index (χ0n) is 12.4. The van der Waals surface area contributed by atoms with Crippen LogP contribution < -0.4 is 5.32 Å². The van der Waals surface area contributed by atoms with Crippen molar-refractivity contribution >= 4 is 35.2 Å². The number of carboxylic acids is 1. The normalized spacial score (nSPS) is 22.5. The van der Waals surface area contributed by atoms with Crippen molar-refractivity contribution in [3.63, 3.8) is 0 Å². The van der Waals surface area contributed by atoms with Gasteiger partial charge in [-0.1, -0.05) is 29.3 Å². The quantitative estimate of drug-likeness (QED) is 0.880. The average Bonchev–Trinajstić information content (AvgIpc) is 2.82. The van der Waals surface area contributed by atoms with Crippen LogP contribution in [0.15, 0.2) is 18.2 Å². The van der Waals surface area contributed by atoms with Crippen LogP contribution in [0.3, 0.4) is 0 Å². The standard InChI is InChI=1S/C15H18Cl2N2O3/c1-9(11-4-3-10(16)7-12(11)17)18-14(22)19-6-5-15(2,8-19)13(20)21/h3-4,7,9H,5-6,8H2,1-2H3,(H,18,22)(H,20,21)/t9-,15?/m1/s1. The number of hydrogen-bond donors (Lipinski definition) is 2. The van der Waals surface area contributed by atoms with E-state index in [1.54, 1.807) is 25.1 Å². The summed E-state index contributed by atoms with van der Waals surface area (Å²) < 4.78 is 0. The Balaban J connectivity index is 2.02. The molecule has 7 heteroatoms. The summed E-state index contributed by atoms with van der Waals surface area (Å²) in [6, 6.07) is 4.51. The van der Waals surface area contributed by atoms with E-state index >= 15 is 0 Å². The third-order valence-corrected chi connectivity index (χ3v) is 4.61. The Morgan fingerprint density at radius 3 is 2.64 bits per heavy atom. The molecule has 1 aromatic rings. The molecule has 0 spiro atoms. The molecular formula is C15H18Cl2N2O3. The van der Waals surface area contributed by atoms with Crippen LogP contribution in [0.25, 0.3) is 0 Å². The molecule has 0 radical (unpaired) electrons. The highest BCUT2D eigenvalue weighted by molar-refractivity contribution is 6.35. The number of hydrogen-bond acceptors (Lipinski definition) is 2. The Morgan fingerprint density at radius 1 is 1.41 bits per heavy atom. The van der Waals surface area contributed by atoms with Gasteiger partial charge in [0.15, 0.2) is 0 Å². The Labute approximate surface area is 139 Å². The summed E-state index contributed by atoms with van der Waals surface area (Å²) in [4.78, 5) is 25.0. The zero-order chi connectivity index (χ0) is 16.5. The summed E-state index contributed by atoms with van der Waals surface area (Å²) in [5, 5.41) is 13.1. The van der Waals surface area contributed by atoms with Crippen molar-refractivity contribution in [1.82, 2.24) is 10.2 Å². The number of amides is 2. The molecule has 1 fully saturated rings. The number of benzene rings is 1. The molecule has 1 aliphatic rings. The fourth-order valence-electron chi connectivity index (χ4n) is 2.52. The molecule has 5 nitrogen and oxygen atoms in total. The highest BCUT2D eigenvalue weighted by Gasteiger charge is 2.42. The van der Waals surface area contributed by atoms with Crippen LogP contribution in [-0.4, -0.2) is 35.1 Å². The minimum atomic E-state index is -0.878. The van der Waals surface area contributed by atoms with Gasteiger partial charge in [-0.3, -0.25) is 4.79 Å². The SMILES string of the molecule is C[C@@H](NC(=O)N1CCC(C)(C(=O)O)C1)c1ccc(Cl)cc1Cl. The number of nitrogens with zero attached hydrogens (tertiary/aromatic N) is 1. The first-order chi connectivity index (χ1) is 10.2. The molecule has 2 N–H and O–H groups in total. The van der Waals surface area contributed by atoms with Gasteiger partial charge in [0.2, 0.25) is 0 Å². The minimum absolute atomic E-state index is 0.204. The predicted octanol–water partition coefficient (Wildman–Crippen LogP) is 3.56. The van der Waals surface area contributed by atoms with Crippen LogP contribution in [0.2, 0.25) is 10.0 Å². The van der Waals surface area contributed by atoms with Crippen molar-refractivity contribution in [3.8, 4) is 0 Å². The second kappa shape index (κ2) is 6.34. The van der Waals surface area contributed by atoms with Crippen LogP contribution in [-0.2, 0) is 4.79 Å². The van der Waals surface area contributed by atoms with Gasteiger partial charge in [0.25, 0.3) is 0 Å². The number of rotatable bonds is 3. The zero-order valence-corrected chi connectivity index (χ0v) is 13.9. The van der Waals surface area contributed by atoms with Crippen LogP contribution in [0.1, 0.15) is 31.9 Å². The summed E-state index contributed by atoms with van der Waals surface area (Å²) in [6.45, 7) is 4.10. The third-order valence-electron chi connectivity index (χ3n) is 4.05. The largest absolute Gasteiger partial charge is 0.481 e. The molecule has 2 amide bonds. The first-order valence-electron chi connectivity index (χ1n) is 6.97. The predicted molar refractivity (Wildman–Crippen MR) is 85.3 cm³/mol. The van der Waals surface area contributed by atoms with Gasteiger partial charge in [0.05, 0.1) is 11.5 Å². The van der Waals surface area contributed by atoms with Gasteiger partial charge in [-0.05, 0) is 38.0 Å². The first-order valence-corrected chi connectivity index (χ1v) is 7.72. The monoisotopic (exact) mass is 344 g/mol.